The summed E-state index contributed by atoms with van der Waals surface area (Å²) in [7, 11) is 2.09. The van der Waals surface area contributed by atoms with Crippen LogP contribution in [0.5, 0.6) is 0 Å². The SMILES string of the molecule is CCC1CCCC(N2CCCC2CNC)CC1. The van der Waals surface area contributed by atoms with Crippen molar-refractivity contribution in [1.82, 2.24) is 10.2 Å². The molecule has 0 amide bonds. The quantitative estimate of drug-likeness (QED) is 0.757. The zero-order valence-electron chi connectivity index (χ0n) is 11.8. The molecule has 0 spiro atoms. The van der Waals surface area contributed by atoms with E-state index in [-0.39, 0.29) is 0 Å². The van der Waals surface area contributed by atoms with Gasteiger partial charge in [-0.2, -0.15) is 0 Å². The standard InChI is InChI=1S/C15H30N2/c1-3-13-6-4-7-14(10-9-13)17-11-5-8-15(17)12-16-2/h13-16H,3-12H2,1-2H3. The van der Waals surface area contributed by atoms with E-state index in [1.54, 1.807) is 0 Å². The Labute approximate surface area is 107 Å². The van der Waals surface area contributed by atoms with Crippen LogP contribution in [-0.2, 0) is 0 Å². The molecule has 3 unspecified atom stereocenters. The van der Waals surface area contributed by atoms with Gasteiger partial charge in [0.25, 0.3) is 0 Å². The van der Waals surface area contributed by atoms with Gasteiger partial charge >= 0.3 is 0 Å². The molecule has 1 heterocycles. The lowest BCUT2D eigenvalue weighted by molar-refractivity contribution is 0.161. The van der Waals surface area contributed by atoms with Crippen LogP contribution < -0.4 is 5.32 Å². The van der Waals surface area contributed by atoms with E-state index in [0.717, 1.165) is 18.0 Å². The number of nitrogens with zero attached hydrogens (tertiary/aromatic N) is 1. The highest BCUT2D eigenvalue weighted by Gasteiger charge is 2.31. The van der Waals surface area contributed by atoms with Crippen LogP contribution >= 0.6 is 0 Å². The van der Waals surface area contributed by atoms with Gasteiger partial charge in [0.2, 0.25) is 0 Å². The van der Waals surface area contributed by atoms with Gasteiger partial charge in [0.15, 0.2) is 0 Å². The average molecular weight is 238 g/mol. The number of likely N-dealkylation sites (tertiary alicyclic amines) is 1. The number of nitrogens with one attached hydrogen (secondary N) is 1. The monoisotopic (exact) mass is 238 g/mol. The molecule has 1 saturated carbocycles. The van der Waals surface area contributed by atoms with E-state index in [1.807, 2.05) is 0 Å². The van der Waals surface area contributed by atoms with Gasteiger partial charge in [0.1, 0.15) is 0 Å². The molecule has 100 valence electrons. The topological polar surface area (TPSA) is 15.3 Å². The smallest absolute Gasteiger partial charge is 0.0223 e. The molecule has 1 saturated heterocycles. The van der Waals surface area contributed by atoms with Crippen LogP contribution in [-0.4, -0.2) is 37.1 Å². The van der Waals surface area contributed by atoms with Crippen LogP contribution in [0.4, 0.5) is 0 Å². The first-order valence-corrected chi connectivity index (χ1v) is 7.75. The van der Waals surface area contributed by atoms with Crippen molar-refractivity contribution in [1.29, 1.82) is 0 Å². The van der Waals surface area contributed by atoms with Crippen molar-refractivity contribution in [2.75, 3.05) is 20.1 Å². The molecule has 17 heavy (non-hydrogen) atoms. The zero-order valence-corrected chi connectivity index (χ0v) is 11.8. The molecule has 0 aromatic rings. The summed E-state index contributed by atoms with van der Waals surface area (Å²) in [5, 5.41) is 3.37. The maximum absolute atomic E-state index is 3.37. The van der Waals surface area contributed by atoms with Crippen molar-refractivity contribution < 1.29 is 0 Å². The zero-order chi connectivity index (χ0) is 12.1. The molecule has 0 aromatic carbocycles. The molecule has 2 aliphatic rings. The Balaban J connectivity index is 1.88. The van der Waals surface area contributed by atoms with Crippen LogP contribution in [0.3, 0.4) is 0 Å². The minimum absolute atomic E-state index is 0.822. The van der Waals surface area contributed by atoms with Crippen LogP contribution in [0.15, 0.2) is 0 Å². The first-order valence-electron chi connectivity index (χ1n) is 7.75. The fourth-order valence-corrected chi connectivity index (χ4v) is 3.89. The predicted molar refractivity (Wildman–Crippen MR) is 74.3 cm³/mol. The van der Waals surface area contributed by atoms with Crippen LogP contribution in [0, 0.1) is 5.92 Å². The first-order chi connectivity index (χ1) is 8.35. The number of hydrogen-bond acceptors (Lipinski definition) is 2. The van der Waals surface area contributed by atoms with Crippen LogP contribution in [0.25, 0.3) is 0 Å². The Hall–Kier alpha value is -0.0800. The molecular formula is C15H30N2. The summed E-state index contributed by atoms with van der Waals surface area (Å²) in [5.41, 5.74) is 0. The largest absolute Gasteiger partial charge is 0.318 e. The first kappa shape index (κ1) is 13.4. The summed E-state index contributed by atoms with van der Waals surface area (Å²) in [5.74, 6) is 1.02. The van der Waals surface area contributed by atoms with E-state index >= 15 is 0 Å². The van der Waals surface area contributed by atoms with Crippen LogP contribution in [0.1, 0.15) is 58.3 Å². The van der Waals surface area contributed by atoms with Gasteiger partial charge in [-0.15, -0.1) is 0 Å². The lowest BCUT2D eigenvalue weighted by Gasteiger charge is -2.32. The van der Waals surface area contributed by atoms with Crippen LogP contribution in [0.2, 0.25) is 0 Å². The Bertz CT molecular complexity index is 217. The lowest BCUT2D eigenvalue weighted by atomic mass is 9.97. The Morgan fingerprint density at radius 3 is 2.71 bits per heavy atom. The van der Waals surface area contributed by atoms with Gasteiger partial charge in [-0.25, -0.2) is 0 Å². The second-order valence-corrected chi connectivity index (χ2v) is 6.03. The van der Waals surface area contributed by atoms with Crippen molar-refractivity contribution in [3.8, 4) is 0 Å². The number of rotatable bonds is 4. The molecule has 1 aliphatic heterocycles. The van der Waals surface area contributed by atoms with E-state index < -0.39 is 0 Å². The number of likely N-dealkylation sites (N-methyl/N-ethyl adjacent to an activating group) is 1. The highest BCUT2D eigenvalue weighted by molar-refractivity contribution is 4.87. The second-order valence-electron chi connectivity index (χ2n) is 6.03. The summed E-state index contributed by atoms with van der Waals surface area (Å²) < 4.78 is 0. The molecule has 3 atom stereocenters. The molecule has 2 fully saturated rings. The maximum Gasteiger partial charge on any atom is 0.0223 e. The van der Waals surface area contributed by atoms with Crippen molar-refractivity contribution in [2.45, 2.75) is 70.4 Å². The minimum atomic E-state index is 0.822. The fraction of sp³-hybridized carbons (Fsp3) is 1.00. The highest BCUT2D eigenvalue weighted by atomic mass is 15.2. The third kappa shape index (κ3) is 3.45. The highest BCUT2D eigenvalue weighted by Crippen LogP contribution is 2.31. The second kappa shape index (κ2) is 6.75. The molecule has 2 nitrogen and oxygen atoms in total. The van der Waals surface area contributed by atoms with Gasteiger partial charge in [0.05, 0.1) is 0 Å². The van der Waals surface area contributed by atoms with E-state index in [1.165, 1.54) is 64.5 Å². The third-order valence-corrected chi connectivity index (χ3v) is 4.97. The van der Waals surface area contributed by atoms with Gasteiger partial charge in [-0.3, -0.25) is 4.90 Å². The molecule has 1 aliphatic carbocycles. The van der Waals surface area contributed by atoms with E-state index in [2.05, 4.69) is 24.2 Å². The Morgan fingerprint density at radius 2 is 1.94 bits per heavy atom. The van der Waals surface area contributed by atoms with E-state index in [0.29, 0.717) is 0 Å². The Kier molecular flexibility index (Phi) is 5.30. The van der Waals surface area contributed by atoms with Gasteiger partial charge < -0.3 is 5.32 Å². The summed E-state index contributed by atoms with van der Waals surface area (Å²) in [6.07, 6.45) is 11.6. The van der Waals surface area contributed by atoms with Gasteiger partial charge in [-0.05, 0) is 51.6 Å². The molecule has 0 radical (unpaired) electrons. The Morgan fingerprint density at radius 1 is 1.06 bits per heavy atom. The third-order valence-electron chi connectivity index (χ3n) is 4.97. The van der Waals surface area contributed by atoms with Crippen molar-refractivity contribution in [3.63, 3.8) is 0 Å². The lowest BCUT2D eigenvalue weighted by Crippen LogP contribution is -2.43. The van der Waals surface area contributed by atoms with Crippen molar-refractivity contribution >= 4 is 0 Å². The predicted octanol–water partition coefficient (Wildman–Crippen LogP) is 3.03. The van der Waals surface area contributed by atoms with Gasteiger partial charge in [0, 0.05) is 18.6 Å². The molecular weight excluding hydrogens is 208 g/mol. The molecule has 1 N–H and O–H groups in total. The summed E-state index contributed by atoms with van der Waals surface area (Å²) in [4.78, 5) is 2.83. The summed E-state index contributed by atoms with van der Waals surface area (Å²) in [6.45, 7) is 4.91. The van der Waals surface area contributed by atoms with E-state index in [4.69, 9.17) is 0 Å². The number of hydrogen-bond donors (Lipinski definition) is 1. The average Bonchev–Trinajstić information content (AvgIpc) is 2.66. The van der Waals surface area contributed by atoms with Gasteiger partial charge in [-0.1, -0.05) is 26.2 Å². The summed E-state index contributed by atoms with van der Waals surface area (Å²) in [6, 6.07) is 1.72. The molecule has 0 aromatic heterocycles. The van der Waals surface area contributed by atoms with Crippen molar-refractivity contribution in [3.05, 3.63) is 0 Å². The van der Waals surface area contributed by atoms with Crippen molar-refractivity contribution in [2.24, 2.45) is 5.92 Å². The van der Waals surface area contributed by atoms with E-state index in [9.17, 15) is 0 Å². The molecule has 2 heteroatoms. The molecule has 2 rings (SSSR count). The normalized spacial score (nSPS) is 36.0. The summed E-state index contributed by atoms with van der Waals surface area (Å²) >= 11 is 0. The fourth-order valence-electron chi connectivity index (χ4n) is 3.89. The maximum atomic E-state index is 3.37. The minimum Gasteiger partial charge on any atom is -0.318 e. The molecule has 0 bridgehead atoms.